The molecule has 0 aliphatic rings. The number of methoxy groups -OCH3 is 1. The van der Waals surface area contributed by atoms with Crippen LogP contribution in [0.4, 0.5) is 11.4 Å². The lowest BCUT2D eigenvalue weighted by Crippen LogP contribution is -2.37. The van der Waals surface area contributed by atoms with Crippen molar-refractivity contribution in [3.63, 3.8) is 0 Å². The van der Waals surface area contributed by atoms with Crippen molar-refractivity contribution in [1.82, 2.24) is 10.3 Å². The summed E-state index contributed by atoms with van der Waals surface area (Å²) in [5.41, 5.74) is 3.83. The number of benzene rings is 3. The Hall–Kier alpha value is -4.60. The number of aromatic nitrogens is 1. The maximum Gasteiger partial charge on any atom is 0.246 e. The number of hydrogen-bond acceptors (Lipinski definition) is 6. The number of fused-ring (bicyclic) bond motifs is 1. The number of hydrogen-bond donors (Lipinski definition) is 1. The van der Waals surface area contributed by atoms with Crippen LogP contribution < -0.4 is 24.6 Å². The van der Waals surface area contributed by atoms with Gasteiger partial charge in [0.1, 0.15) is 23.6 Å². The average molecular weight is 636 g/mol. The number of aryl methyl sites for hydroxylation is 1. The first-order chi connectivity index (χ1) is 21.0. The van der Waals surface area contributed by atoms with E-state index in [1.165, 1.54) is 22.8 Å². The highest BCUT2D eigenvalue weighted by molar-refractivity contribution is 6.38. The van der Waals surface area contributed by atoms with E-state index in [2.05, 4.69) is 10.3 Å². The molecule has 0 saturated carbocycles. The summed E-state index contributed by atoms with van der Waals surface area (Å²) in [6.45, 7) is 3.13. The third-order valence-corrected chi connectivity index (χ3v) is 7.76. The molecule has 3 amide bonds. The van der Waals surface area contributed by atoms with Gasteiger partial charge in [-0.2, -0.15) is 0 Å². The van der Waals surface area contributed by atoms with Crippen LogP contribution >= 0.6 is 23.2 Å². The number of nitrogens with zero attached hydrogens (tertiary/aromatic N) is 3. The van der Waals surface area contributed by atoms with Crippen LogP contribution in [0.2, 0.25) is 10.0 Å². The van der Waals surface area contributed by atoms with E-state index in [1.54, 1.807) is 69.7 Å². The first-order valence-electron chi connectivity index (χ1n) is 13.6. The molecule has 0 fully saturated rings. The molecule has 0 aliphatic carbocycles. The van der Waals surface area contributed by atoms with E-state index in [-0.39, 0.29) is 30.0 Å². The maximum atomic E-state index is 13.0. The summed E-state index contributed by atoms with van der Waals surface area (Å²) in [4.78, 5) is 44.3. The number of ether oxygens (including phenoxy) is 2. The van der Waals surface area contributed by atoms with Crippen LogP contribution in [-0.4, -0.2) is 50.5 Å². The molecule has 3 aromatic carbocycles. The Morgan fingerprint density at radius 1 is 0.977 bits per heavy atom. The van der Waals surface area contributed by atoms with Crippen molar-refractivity contribution < 1.29 is 23.9 Å². The number of amides is 3. The summed E-state index contributed by atoms with van der Waals surface area (Å²) in [5.74, 6) is 0.304. The zero-order chi connectivity index (χ0) is 32.0. The lowest BCUT2D eigenvalue weighted by atomic mass is 10.1. The van der Waals surface area contributed by atoms with Crippen molar-refractivity contribution in [2.24, 2.45) is 0 Å². The van der Waals surface area contributed by atoms with E-state index in [0.717, 1.165) is 22.3 Å². The van der Waals surface area contributed by atoms with Crippen LogP contribution in [0.3, 0.4) is 0 Å². The van der Waals surface area contributed by atoms with Crippen molar-refractivity contribution in [2.75, 3.05) is 37.5 Å². The quantitative estimate of drug-likeness (QED) is 0.208. The molecule has 0 radical (unpaired) electrons. The molecular formula is C33H32Cl2N4O5. The number of halogens is 2. The predicted octanol–water partition coefficient (Wildman–Crippen LogP) is 6.21. The molecule has 1 heterocycles. The molecule has 0 bridgehead atoms. The molecule has 4 aromatic rings. The van der Waals surface area contributed by atoms with Crippen molar-refractivity contribution >= 4 is 69.3 Å². The second kappa shape index (κ2) is 14.2. The smallest absolute Gasteiger partial charge is 0.246 e. The van der Waals surface area contributed by atoms with Gasteiger partial charge in [0.25, 0.3) is 0 Å². The number of rotatable bonds is 10. The number of carbonyl (C=O) groups excluding carboxylic acids is 3. The van der Waals surface area contributed by atoms with Crippen molar-refractivity contribution in [2.45, 2.75) is 20.5 Å². The number of likely N-dealkylation sites (N-methyl/N-ethyl adjacent to an activating group) is 1. The molecule has 4 rings (SSSR count). The molecule has 44 heavy (non-hydrogen) atoms. The molecule has 0 saturated heterocycles. The topological polar surface area (TPSA) is 101 Å². The van der Waals surface area contributed by atoms with Crippen molar-refractivity contribution in [3.8, 4) is 11.5 Å². The van der Waals surface area contributed by atoms with Crippen LogP contribution in [0, 0.1) is 6.92 Å². The fraction of sp³-hybridized carbons (Fsp3) is 0.212. The molecule has 0 aliphatic heterocycles. The fourth-order valence-corrected chi connectivity index (χ4v) is 4.97. The number of nitrogens with one attached hydrogen (secondary N) is 1. The summed E-state index contributed by atoms with van der Waals surface area (Å²) in [6, 6.07) is 17.8. The summed E-state index contributed by atoms with van der Waals surface area (Å²) in [5, 5.41) is 4.02. The van der Waals surface area contributed by atoms with Gasteiger partial charge in [-0.1, -0.05) is 41.4 Å². The third-order valence-electron chi connectivity index (χ3n) is 6.98. The average Bonchev–Trinajstić information content (AvgIpc) is 3.01. The second-order valence-electron chi connectivity index (χ2n) is 9.94. The first kappa shape index (κ1) is 32.3. The summed E-state index contributed by atoms with van der Waals surface area (Å²) < 4.78 is 11.6. The summed E-state index contributed by atoms with van der Waals surface area (Å²) in [7, 11) is 4.85. The first-order valence-corrected chi connectivity index (χ1v) is 14.4. The zero-order valence-electron chi connectivity index (χ0n) is 25.0. The Kier molecular flexibility index (Phi) is 10.5. The maximum absolute atomic E-state index is 13.0. The van der Waals surface area contributed by atoms with Gasteiger partial charge < -0.3 is 24.6 Å². The van der Waals surface area contributed by atoms with Gasteiger partial charge in [-0.25, -0.2) is 4.98 Å². The Labute approximate surface area is 266 Å². The van der Waals surface area contributed by atoms with Crippen molar-refractivity contribution in [3.05, 3.63) is 93.6 Å². The highest BCUT2D eigenvalue weighted by Crippen LogP contribution is 2.36. The fourth-order valence-electron chi connectivity index (χ4n) is 4.36. The van der Waals surface area contributed by atoms with Crippen LogP contribution in [0.1, 0.15) is 23.7 Å². The van der Waals surface area contributed by atoms with E-state index in [4.69, 9.17) is 32.7 Å². The van der Waals surface area contributed by atoms with Gasteiger partial charge in [-0.15, -0.1) is 0 Å². The number of anilines is 2. The largest absolute Gasteiger partial charge is 0.496 e. The Balaban J connectivity index is 1.40. The zero-order valence-corrected chi connectivity index (χ0v) is 26.5. The lowest BCUT2D eigenvalue weighted by Gasteiger charge is -2.21. The van der Waals surface area contributed by atoms with Crippen LogP contribution in [0.5, 0.6) is 11.5 Å². The van der Waals surface area contributed by atoms with E-state index in [1.807, 2.05) is 25.1 Å². The normalized spacial score (nSPS) is 11.0. The summed E-state index contributed by atoms with van der Waals surface area (Å²) in [6.07, 6.45) is 2.95. The van der Waals surface area contributed by atoms with Crippen LogP contribution in [-0.2, 0) is 21.0 Å². The minimum Gasteiger partial charge on any atom is -0.496 e. The highest BCUT2D eigenvalue weighted by atomic mass is 35.5. The molecule has 0 atom stereocenters. The Morgan fingerprint density at radius 3 is 2.39 bits per heavy atom. The minimum atomic E-state index is -0.441. The molecule has 0 unspecified atom stereocenters. The van der Waals surface area contributed by atoms with Gasteiger partial charge in [0.15, 0.2) is 0 Å². The predicted molar refractivity (Wildman–Crippen MR) is 175 cm³/mol. The highest BCUT2D eigenvalue weighted by Gasteiger charge is 2.20. The summed E-state index contributed by atoms with van der Waals surface area (Å²) >= 11 is 13.2. The van der Waals surface area contributed by atoms with Crippen LogP contribution in [0.15, 0.2) is 66.7 Å². The molecule has 1 N–H and O–H groups in total. The monoisotopic (exact) mass is 634 g/mol. The third kappa shape index (κ3) is 7.48. The van der Waals surface area contributed by atoms with Gasteiger partial charge in [-0.3, -0.25) is 14.4 Å². The Bertz CT molecular complexity index is 1740. The molecule has 9 nitrogen and oxygen atoms in total. The van der Waals surface area contributed by atoms with Gasteiger partial charge in [0, 0.05) is 60.5 Å². The van der Waals surface area contributed by atoms with E-state index in [0.29, 0.717) is 33.3 Å². The minimum absolute atomic E-state index is 0.0259. The second-order valence-corrected chi connectivity index (χ2v) is 10.7. The number of para-hydroxylation sites is 1. The van der Waals surface area contributed by atoms with Crippen molar-refractivity contribution in [1.29, 1.82) is 0 Å². The van der Waals surface area contributed by atoms with Gasteiger partial charge in [-0.05, 0) is 55.0 Å². The van der Waals surface area contributed by atoms with Crippen LogP contribution in [0.25, 0.3) is 17.0 Å². The molecule has 0 spiro atoms. The van der Waals surface area contributed by atoms with E-state index in [9.17, 15) is 14.4 Å². The van der Waals surface area contributed by atoms with E-state index < -0.39 is 5.91 Å². The standard InChI is InChI=1S/C33H32Cl2N4O5/c1-20-17-29(43-5)24-7-6-8-28(33(24)37-20)44-19-25-26(34)14-15-27(32(25)35)39(4)31(42)18-36-30(41)16-11-22-9-12-23(13-10-22)38(3)21(2)40/h6-17H,18-19H2,1-5H3,(H,36,41). The van der Waals surface area contributed by atoms with Gasteiger partial charge in [0.2, 0.25) is 17.7 Å². The number of pyridine rings is 1. The Morgan fingerprint density at radius 2 is 1.70 bits per heavy atom. The van der Waals surface area contributed by atoms with E-state index >= 15 is 0 Å². The van der Waals surface area contributed by atoms with Gasteiger partial charge in [0.05, 0.1) is 24.4 Å². The SMILES string of the molecule is COc1cc(C)nc2c(OCc3c(Cl)ccc(N(C)C(=O)CNC(=O)C=Cc4ccc(N(C)C(C)=O)cc4)c3Cl)cccc12. The molecule has 11 heteroatoms. The molecule has 1 aromatic heterocycles. The number of carbonyl (C=O) groups is 3. The molecule has 228 valence electrons. The molecular weight excluding hydrogens is 603 g/mol. The van der Waals surface area contributed by atoms with Gasteiger partial charge >= 0.3 is 0 Å². The lowest BCUT2D eigenvalue weighted by molar-refractivity contribution is -0.122.